The minimum Gasteiger partial charge on any atom is -0.384 e. The molecule has 0 saturated heterocycles. The lowest BCUT2D eigenvalue weighted by atomic mass is 9.99. The molecule has 7 heteroatoms. The van der Waals surface area contributed by atoms with Crippen LogP contribution in [0.25, 0.3) is 0 Å². The third kappa shape index (κ3) is 2.23. The molecule has 1 aliphatic heterocycles. The van der Waals surface area contributed by atoms with Crippen LogP contribution in [0, 0.1) is 0 Å². The Labute approximate surface area is 121 Å². The molecular formula is C13H16N4O2S. The maximum absolute atomic E-state index is 12.5. The van der Waals surface area contributed by atoms with Crippen molar-refractivity contribution in [1.82, 2.24) is 19.9 Å². The van der Waals surface area contributed by atoms with Gasteiger partial charge in [0.15, 0.2) is 0 Å². The Bertz CT molecular complexity index is 608. The molecule has 0 saturated carbocycles. The molecule has 3 rings (SSSR count). The van der Waals surface area contributed by atoms with Gasteiger partial charge in [0.25, 0.3) is 5.91 Å². The van der Waals surface area contributed by atoms with E-state index in [0.29, 0.717) is 19.7 Å². The molecular weight excluding hydrogens is 276 g/mol. The van der Waals surface area contributed by atoms with Crippen LogP contribution in [0.2, 0.25) is 0 Å². The summed E-state index contributed by atoms with van der Waals surface area (Å²) < 4.78 is 7.06. The normalized spacial score (nSPS) is 18.1. The maximum atomic E-state index is 12.5. The van der Waals surface area contributed by atoms with Crippen molar-refractivity contribution < 1.29 is 9.53 Å². The van der Waals surface area contributed by atoms with Crippen molar-refractivity contribution >= 4 is 17.2 Å². The van der Waals surface area contributed by atoms with E-state index in [-0.39, 0.29) is 11.8 Å². The molecule has 0 N–H and O–H groups in total. The highest BCUT2D eigenvalue weighted by molar-refractivity contribution is 7.12. The van der Waals surface area contributed by atoms with Crippen molar-refractivity contribution in [2.24, 2.45) is 7.05 Å². The first-order valence-corrected chi connectivity index (χ1v) is 7.29. The summed E-state index contributed by atoms with van der Waals surface area (Å²) in [6, 6.07) is 3.74. The first-order valence-electron chi connectivity index (χ1n) is 6.41. The van der Waals surface area contributed by atoms with Gasteiger partial charge in [0.2, 0.25) is 0 Å². The second-order valence-electron chi connectivity index (χ2n) is 4.86. The van der Waals surface area contributed by atoms with Crippen LogP contribution >= 0.6 is 11.3 Å². The number of hydrogen-bond acceptors (Lipinski definition) is 5. The summed E-state index contributed by atoms with van der Waals surface area (Å²) in [5.41, 5.74) is 1.94. The van der Waals surface area contributed by atoms with Crippen molar-refractivity contribution in [3.8, 4) is 0 Å². The zero-order valence-corrected chi connectivity index (χ0v) is 12.3. The van der Waals surface area contributed by atoms with E-state index in [2.05, 4.69) is 10.3 Å². The number of aryl methyl sites for hydroxylation is 1. The summed E-state index contributed by atoms with van der Waals surface area (Å²) in [6.45, 7) is 1.71. The third-order valence-electron chi connectivity index (χ3n) is 3.50. The number of hydrogen-bond donors (Lipinski definition) is 0. The van der Waals surface area contributed by atoms with Gasteiger partial charge in [0.1, 0.15) is 5.69 Å². The SMILES string of the molecule is COC[C@H]1CN(C(=O)c2cccs2)Cc2nnn(C)c21. The van der Waals surface area contributed by atoms with Crippen LogP contribution < -0.4 is 0 Å². The van der Waals surface area contributed by atoms with Gasteiger partial charge in [-0.3, -0.25) is 9.48 Å². The van der Waals surface area contributed by atoms with Gasteiger partial charge in [-0.25, -0.2) is 0 Å². The molecule has 0 unspecified atom stereocenters. The number of fused-ring (bicyclic) bond motifs is 1. The molecule has 0 fully saturated rings. The Hall–Kier alpha value is -1.73. The highest BCUT2D eigenvalue weighted by atomic mass is 32.1. The van der Waals surface area contributed by atoms with Crippen LogP contribution in [0.5, 0.6) is 0 Å². The molecule has 2 aromatic rings. The Morgan fingerprint density at radius 1 is 1.60 bits per heavy atom. The Balaban J connectivity index is 1.88. The molecule has 0 bridgehead atoms. The van der Waals surface area contributed by atoms with Gasteiger partial charge in [-0.2, -0.15) is 0 Å². The number of thiophene rings is 1. The highest BCUT2D eigenvalue weighted by Gasteiger charge is 2.32. The van der Waals surface area contributed by atoms with Crippen LogP contribution in [0.3, 0.4) is 0 Å². The smallest absolute Gasteiger partial charge is 0.264 e. The van der Waals surface area contributed by atoms with Crippen molar-refractivity contribution in [3.05, 3.63) is 33.8 Å². The molecule has 1 aliphatic rings. The van der Waals surface area contributed by atoms with E-state index in [1.54, 1.807) is 11.8 Å². The number of methoxy groups -OCH3 is 1. The molecule has 1 atom stereocenters. The second-order valence-corrected chi connectivity index (χ2v) is 5.81. The molecule has 0 radical (unpaired) electrons. The fraction of sp³-hybridized carbons (Fsp3) is 0.462. The molecule has 0 spiro atoms. The summed E-state index contributed by atoms with van der Waals surface area (Å²) in [6.07, 6.45) is 0. The zero-order valence-electron chi connectivity index (χ0n) is 11.4. The Morgan fingerprint density at radius 3 is 3.15 bits per heavy atom. The summed E-state index contributed by atoms with van der Waals surface area (Å²) in [5, 5.41) is 10.1. The average molecular weight is 292 g/mol. The lowest BCUT2D eigenvalue weighted by Gasteiger charge is -2.31. The Morgan fingerprint density at radius 2 is 2.45 bits per heavy atom. The van der Waals surface area contributed by atoms with Crippen LogP contribution in [-0.2, 0) is 18.3 Å². The lowest BCUT2D eigenvalue weighted by Crippen LogP contribution is -2.39. The van der Waals surface area contributed by atoms with Crippen molar-refractivity contribution in [2.75, 3.05) is 20.3 Å². The number of ether oxygens (including phenoxy) is 1. The number of aromatic nitrogens is 3. The van der Waals surface area contributed by atoms with Gasteiger partial charge in [0, 0.05) is 26.6 Å². The minimum absolute atomic E-state index is 0.0532. The fourth-order valence-electron chi connectivity index (χ4n) is 2.66. The number of amides is 1. The van der Waals surface area contributed by atoms with Gasteiger partial charge < -0.3 is 9.64 Å². The monoisotopic (exact) mass is 292 g/mol. The van der Waals surface area contributed by atoms with Gasteiger partial charge in [-0.15, -0.1) is 16.4 Å². The van der Waals surface area contributed by atoms with Crippen LogP contribution in [0.1, 0.15) is 27.0 Å². The zero-order chi connectivity index (χ0) is 14.1. The van der Waals surface area contributed by atoms with E-state index >= 15 is 0 Å². The maximum Gasteiger partial charge on any atom is 0.264 e. The Kier molecular flexibility index (Phi) is 3.54. The third-order valence-corrected chi connectivity index (χ3v) is 4.36. The van der Waals surface area contributed by atoms with Crippen LogP contribution in [0.4, 0.5) is 0 Å². The molecule has 6 nitrogen and oxygen atoms in total. The molecule has 0 aliphatic carbocycles. The highest BCUT2D eigenvalue weighted by Crippen LogP contribution is 2.28. The van der Waals surface area contributed by atoms with Crippen molar-refractivity contribution in [1.29, 1.82) is 0 Å². The predicted octanol–water partition coefficient (Wildman–Crippen LogP) is 1.26. The summed E-state index contributed by atoms with van der Waals surface area (Å²) in [5.74, 6) is 0.171. The van der Waals surface area contributed by atoms with E-state index in [9.17, 15) is 4.79 Å². The standard InChI is InChI=1S/C13H16N4O2S/c1-16-12-9(8-19-2)6-17(7-10(12)14-15-16)13(18)11-4-3-5-20-11/h3-5,9H,6-8H2,1-2H3/t9-/m1/s1. The first-order chi connectivity index (χ1) is 9.70. The van der Waals surface area contributed by atoms with E-state index in [1.165, 1.54) is 11.3 Å². The van der Waals surface area contributed by atoms with Crippen LogP contribution in [-0.4, -0.2) is 46.1 Å². The van der Waals surface area contributed by atoms with E-state index < -0.39 is 0 Å². The number of nitrogens with zero attached hydrogens (tertiary/aromatic N) is 4. The van der Waals surface area contributed by atoms with E-state index in [0.717, 1.165) is 16.3 Å². The average Bonchev–Trinajstić information content (AvgIpc) is 3.08. The van der Waals surface area contributed by atoms with E-state index in [1.807, 2.05) is 29.5 Å². The first kappa shape index (κ1) is 13.3. The number of carbonyl (C=O) groups is 1. The number of rotatable bonds is 3. The second kappa shape index (κ2) is 5.34. The number of carbonyl (C=O) groups excluding carboxylic acids is 1. The van der Waals surface area contributed by atoms with Gasteiger partial charge in [-0.1, -0.05) is 11.3 Å². The van der Waals surface area contributed by atoms with E-state index in [4.69, 9.17) is 4.74 Å². The molecule has 2 aromatic heterocycles. The summed E-state index contributed by atoms with van der Waals surface area (Å²) in [7, 11) is 3.55. The largest absolute Gasteiger partial charge is 0.384 e. The summed E-state index contributed by atoms with van der Waals surface area (Å²) in [4.78, 5) is 15.1. The van der Waals surface area contributed by atoms with Gasteiger partial charge in [-0.05, 0) is 11.4 Å². The van der Waals surface area contributed by atoms with Crippen LogP contribution in [0.15, 0.2) is 17.5 Å². The minimum atomic E-state index is 0.0532. The van der Waals surface area contributed by atoms with Crippen molar-refractivity contribution in [3.63, 3.8) is 0 Å². The topological polar surface area (TPSA) is 60.2 Å². The van der Waals surface area contributed by atoms with Gasteiger partial charge >= 0.3 is 0 Å². The van der Waals surface area contributed by atoms with Crippen molar-refractivity contribution in [2.45, 2.75) is 12.5 Å². The molecule has 3 heterocycles. The fourth-order valence-corrected chi connectivity index (χ4v) is 3.35. The summed E-state index contributed by atoms with van der Waals surface area (Å²) >= 11 is 1.46. The predicted molar refractivity (Wildman–Crippen MR) is 74.7 cm³/mol. The lowest BCUT2D eigenvalue weighted by molar-refractivity contribution is 0.0678. The molecule has 1 amide bonds. The molecule has 106 valence electrons. The molecule has 20 heavy (non-hydrogen) atoms. The van der Waals surface area contributed by atoms with Gasteiger partial charge in [0.05, 0.1) is 23.7 Å². The quantitative estimate of drug-likeness (QED) is 0.854. The molecule has 0 aromatic carbocycles.